The summed E-state index contributed by atoms with van der Waals surface area (Å²) < 4.78 is 2.23. The summed E-state index contributed by atoms with van der Waals surface area (Å²) in [5.74, 6) is 0.907. The molecule has 1 amide bonds. The normalized spacial score (nSPS) is 14.8. The topological polar surface area (TPSA) is 85.1 Å². The van der Waals surface area contributed by atoms with Gasteiger partial charge in [0.2, 0.25) is 0 Å². The van der Waals surface area contributed by atoms with Crippen molar-refractivity contribution < 1.29 is 4.79 Å². The van der Waals surface area contributed by atoms with Gasteiger partial charge in [-0.15, -0.1) is 10.2 Å². The van der Waals surface area contributed by atoms with Crippen LogP contribution in [0.4, 0.5) is 0 Å². The van der Waals surface area contributed by atoms with Crippen LogP contribution in [0.2, 0.25) is 0 Å². The minimum atomic E-state index is -0.188. The summed E-state index contributed by atoms with van der Waals surface area (Å²) in [5.41, 5.74) is 4.29. The molecular weight excluding hydrogens is 396 g/mol. The van der Waals surface area contributed by atoms with Crippen LogP contribution in [0.5, 0.6) is 0 Å². The van der Waals surface area contributed by atoms with Gasteiger partial charge >= 0.3 is 0 Å². The van der Waals surface area contributed by atoms with E-state index in [9.17, 15) is 4.79 Å². The van der Waals surface area contributed by atoms with Gasteiger partial charge in [-0.1, -0.05) is 67.4 Å². The predicted octanol–water partition coefficient (Wildman–Crippen LogP) is 4.09. The summed E-state index contributed by atoms with van der Waals surface area (Å²) in [6.45, 7) is 0. The molecule has 1 aliphatic rings. The number of hydrazone groups is 1. The minimum Gasteiger partial charge on any atom is -0.299 e. The Balaban J connectivity index is 1.45. The molecule has 0 aliphatic heterocycles. The fraction of sp³-hybridized carbons (Fsp3) is 0.318. The van der Waals surface area contributed by atoms with E-state index in [0.717, 1.165) is 29.4 Å². The maximum atomic E-state index is 12.2. The Hall–Kier alpha value is -3.00. The van der Waals surface area contributed by atoms with Crippen LogP contribution in [0.1, 0.15) is 43.8 Å². The number of pyridine rings is 1. The van der Waals surface area contributed by atoms with Crippen LogP contribution in [0.3, 0.4) is 0 Å². The Morgan fingerprint density at radius 2 is 1.90 bits per heavy atom. The first-order valence-electron chi connectivity index (χ1n) is 10.2. The fourth-order valence-electron chi connectivity index (χ4n) is 3.61. The van der Waals surface area contributed by atoms with Crippen molar-refractivity contribution in [3.63, 3.8) is 0 Å². The van der Waals surface area contributed by atoms with Gasteiger partial charge in [0, 0.05) is 17.8 Å². The molecule has 7 nitrogen and oxygen atoms in total. The molecule has 30 heavy (non-hydrogen) atoms. The second-order valence-corrected chi connectivity index (χ2v) is 8.11. The first-order valence-corrected chi connectivity index (χ1v) is 11.2. The highest BCUT2D eigenvalue weighted by atomic mass is 32.2. The predicted molar refractivity (Wildman–Crippen MR) is 118 cm³/mol. The fourth-order valence-corrected chi connectivity index (χ4v) is 4.41. The van der Waals surface area contributed by atoms with E-state index in [2.05, 4.69) is 42.4 Å². The van der Waals surface area contributed by atoms with E-state index in [1.165, 1.54) is 37.2 Å². The number of nitrogens with one attached hydrogen (secondary N) is 1. The number of hydrogen-bond donors (Lipinski definition) is 1. The molecule has 2 aromatic heterocycles. The molecule has 0 unspecified atom stereocenters. The molecular formula is C22H24N6OS. The van der Waals surface area contributed by atoms with Crippen molar-refractivity contribution in [1.82, 2.24) is 25.2 Å². The Morgan fingerprint density at radius 3 is 2.67 bits per heavy atom. The van der Waals surface area contributed by atoms with E-state index in [1.54, 1.807) is 6.20 Å². The monoisotopic (exact) mass is 420 g/mol. The summed E-state index contributed by atoms with van der Waals surface area (Å²) in [4.78, 5) is 16.4. The van der Waals surface area contributed by atoms with Crippen molar-refractivity contribution in [2.45, 2.75) is 43.3 Å². The molecule has 0 atom stereocenters. The van der Waals surface area contributed by atoms with Crippen LogP contribution in [-0.2, 0) is 4.79 Å². The maximum Gasteiger partial charge on any atom is 0.250 e. The van der Waals surface area contributed by atoms with Gasteiger partial charge in [-0.05, 0) is 25.0 Å². The lowest BCUT2D eigenvalue weighted by molar-refractivity contribution is -0.118. The average Bonchev–Trinajstić information content (AvgIpc) is 3.23. The summed E-state index contributed by atoms with van der Waals surface area (Å²) in [6.07, 6.45) is 9.15. The Labute approximate surface area is 180 Å². The molecule has 0 radical (unpaired) electrons. The summed E-state index contributed by atoms with van der Waals surface area (Å²) in [6, 6.07) is 16.0. The highest BCUT2D eigenvalue weighted by molar-refractivity contribution is 7.99. The summed E-state index contributed by atoms with van der Waals surface area (Å²) in [5, 5.41) is 13.6. The van der Waals surface area contributed by atoms with Crippen LogP contribution < -0.4 is 5.43 Å². The Kier molecular flexibility index (Phi) is 6.87. The zero-order valence-electron chi connectivity index (χ0n) is 16.6. The van der Waals surface area contributed by atoms with E-state index in [-0.39, 0.29) is 11.7 Å². The van der Waals surface area contributed by atoms with E-state index in [1.807, 2.05) is 36.4 Å². The summed E-state index contributed by atoms with van der Waals surface area (Å²) >= 11 is 1.40. The van der Waals surface area contributed by atoms with Gasteiger partial charge in [0.05, 0.1) is 17.7 Å². The third-order valence-corrected chi connectivity index (χ3v) is 5.99. The molecule has 3 aromatic rings. The molecule has 1 aliphatic carbocycles. The Morgan fingerprint density at radius 1 is 1.10 bits per heavy atom. The van der Waals surface area contributed by atoms with Crippen molar-refractivity contribution in [1.29, 1.82) is 0 Å². The van der Waals surface area contributed by atoms with Crippen molar-refractivity contribution in [3.8, 4) is 11.4 Å². The molecule has 0 bridgehead atoms. The van der Waals surface area contributed by atoms with Gasteiger partial charge in [-0.3, -0.25) is 14.3 Å². The second-order valence-electron chi connectivity index (χ2n) is 7.17. The molecule has 1 saturated carbocycles. The molecule has 154 valence electrons. The van der Waals surface area contributed by atoms with Crippen molar-refractivity contribution in [2.75, 3.05) is 5.75 Å². The summed E-state index contributed by atoms with van der Waals surface area (Å²) in [7, 11) is 0. The highest BCUT2D eigenvalue weighted by Gasteiger charge is 2.24. The number of carbonyl (C=O) groups is 1. The quantitative estimate of drug-likeness (QED) is 0.354. The first-order chi connectivity index (χ1) is 14.8. The van der Waals surface area contributed by atoms with Gasteiger partial charge in [0.1, 0.15) is 0 Å². The minimum absolute atomic E-state index is 0.188. The van der Waals surface area contributed by atoms with Crippen LogP contribution >= 0.6 is 11.8 Å². The van der Waals surface area contributed by atoms with Crippen molar-refractivity contribution >= 4 is 23.9 Å². The number of aromatic nitrogens is 4. The van der Waals surface area contributed by atoms with Gasteiger partial charge in [-0.2, -0.15) is 5.10 Å². The molecule has 4 rings (SSSR count). The van der Waals surface area contributed by atoms with E-state index in [4.69, 9.17) is 0 Å². The first kappa shape index (κ1) is 20.3. The SMILES string of the molecule is O=C(CSc1nnc(-c2ccccc2)n1C1CCCCC1)NN=Cc1ccccn1. The van der Waals surface area contributed by atoms with Crippen molar-refractivity contribution in [3.05, 3.63) is 60.4 Å². The van der Waals surface area contributed by atoms with Crippen LogP contribution in [-0.4, -0.2) is 37.6 Å². The van der Waals surface area contributed by atoms with Gasteiger partial charge < -0.3 is 0 Å². The number of carbonyl (C=O) groups excluding carboxylic acids is 1. The van der Waals surface area contributed by atoms with Gasteiger partial charge in [0.25, 0.3) is 5.91 Å². The Bertz CT molecular complexity index is 983. The van der Waals surface area contributed by atoms with E-state index < -0.39 is 0 Å². The number of nitrogens with zero attached hydrogens (tertiary/aromatic N) is 5. The van der Waals surface area contributed by atoms with Crippen LogP contribution in [0.25, 0.3) is 11.4 Å². The number of thioether (sulfide) groups is 1. The lowest BCUT2D eigenvalue weighted by Gasteiger charge is -2.25. The van der Waals surface area contributed by atoms with Crippen LogP contribution in [0.15, 0.2) is 65.0 Å². The molecule has 0 spiro atoms. The maximum absolute atomic E-state index is 12.2. The zero-order chi connectivity index (χ0) is 20.6. The lowest BCUT2D eigenvalue weighted by atomic mass is 9.95. The number of benzene rings is 1. The smallest absolute Gasteiger partial charge is 0.250 e. The zero-order valence-corrected chi connectivity index (χ0v) is 17.5. The standard InChI is InChI=1S/C22H24N6OS/c29-20(25-24-15-18-11-7-8-14-23-18)16-30-22-27-26-21(17-9-3-1-4-10-17)28(22)19-12-5-2-6-13-19/h1,3-4,7-11,14-15,19H,2,5-6,12-13,16H2,(H,25,29). The average molecular weight is 421 g/mol. The second kappa shape index (κ2) is 10.2. The third-order valence-electron chi connectivity index (χ3n) is 5.04. The lowest BCUT2D eigenvalue weighted by Crippen LogP contribution is -2.20. The largest absolute Gasteiger partial charge is 0.299 e. The van der Waals surface area contributed by atoms with Gasteiger partial charge in [0.15, 0.2) is 11.0 Å². The number of amides is 1. The number of hydrogen-bond acceptors (Lipinski definition) is 6. The molecule has 1 aromatic carbocycles. The molecule has 1 fully saturated rings. The van der Waals surface area contributed by atoms with Crippen molar-refractivity contribution in [2.24, 2.45) is 5.10 Å². The molecule has 1 N–H and O–H groups in total. The van der Waals surface area contributed by atoms with Gasteiger partial charge in [-0.25, -0.2) is 5.43 Å². The van der Waals surface area contributed by atoms with E-state index >= 15 is 0 Å². The molecule has 2 heterocycles. The van der Waals surface area contributed by atoms with E-state index in [0.29, 0.717) is 11.7 Å². The van der Waals surface area contributed by atoms with Crippen LogP contribution in [0, 0.1) is 0 Å². The molecule has 8 heteroatoms. The highest BCUT2D eigenvalue weighted by Crippen LogP contribution is 2.35. The number of rotatable bonds is 7. The third kappa shape index (κ3) is 5.13. The molecule has 0 saturated heterocycles.